The largest absolute Gasteiger partial charge is 0.383 e. The number of hydrogen-bond acceptors (Lipinski definition) is 6. The van der Waals surface area contributed by atoms with Gasteiger partial charge in [-0.05, 0) is 24.1 Å². The maximum Gasteiger partial charge on any atom is 0.259 e. The average Bonchev–Trinajstić information content (AvgIpc) is 3.11. The maximum absolute atomic E-state index is 5.36. The van der Waals surface area contributed by atoms with Crippen molar-refractivity contribution in [3.63, 3.8) is 0 Å². The molecule has 0 saturated carbocycles. The number of nitrogens with zero attached hydrogens (tertiary/aromatic N) is 3. The van der Waals surface area contributed by atoms with E-state index in [0.29, 0.717) is 24.7 Å². The Labute approximate surface area is 147 Å². The fourth-order valence-electron chi connectivity index (χ4n) is 2.50. The van der Waals surface area contributed by atoms with Crippen molar-refractivity contribution in [1.82, 2.24) is 15.1 Å². The van der Waals surface area contributed by atoms with Crippen LogP contribution in [0.1, 0.15) is 24.7 Å². The molecule has 130 valence electrons. The van der Waals surface area contributed by atoms with E-state index in [1.165, 1.54) is 0 Å². The Bertz CT molecular complexity index is 772. The highest BCUT2D eigenvalue weighted by molar-refractivity contribution is 5.54. The number of hydrogen-bond donors (Lipinski definition) is 1. The molecule has 1 atom stereocenters. The van der Waals surface area contributed by atoms with Crippen molar-refractivity contribution >= 4 is 5.82 Å². The average molecular weight is 338 g/mol. The molecule has 0 amide bonds. The maximum atomic E-state index is 5.36. The second-order valence-corrected chi connectivity index (χ2v) is 5.82. The highest BCUT2D eigenvalue weighted by Gasteiger charge is 2.11. The van der Waals surface area contributed by atoms with Gasteiger partial charge in [-0.15, -0.1) is 0 Å². The molecule has 2 heterocycles. The molecule has 0 saturated heterocycles. The molecule has 1 unspecified atom stereocenters. The van der Waals surface area contributed by atoms with E-state index in [1.54, 1.807) is 13.3 Å². The monoisotopic (exact) mass is 338 g/mol. The quantitative estimate of drug-likeness (QED) is 0.677. The number of methoxy groups -OCH3 is 1. The Morgan fingerprint density at radius 1 is 1.16 bits per heavy atom. The summed E-state index contributed by atoms with van der Waals surface area (Å²) in [6, 6.07) is 14.2. The van der Waals surface area contributed by atoms with E-state index < -0.39 is 0 Å². The van der Waals surface area contributed by atoms with Gasteiger partial charge < -0.3 is 14.6 Å². The zero-order valence-corrected chi connectivity index (χ0v) is 14.5. The van der Waals surface area contributed by atoms with Crippen molar-refractivity contribution in [2.45, 2.75) is 25.8 Å². The molecule has 2 aromatic heterocycles. The summed E-state index contributed by atoms with van der Waals surface area (Å²) in [5.41, 5.74) is 1.95. The number of pyridine rings is 1. The van der Waals surface area contributed by atoms with Gasteiger partial charge in [0.15, 0.2) is 5.82 Å². The van der Waals surface area contributed by atoms with Crippen LogP contribution in [0.3, 0.4) is 0 Å². The first-order valence-corrected chi connectivity index (χ1v) is 8.37. The predicted octanol–water partition coefficient (Wildman–Crippen LogP) is 3.56. The number of ether oxygens (including phenoxy) is 1. The first-order chi connectivity index (χ1) is 12.3. The molecular formula is C19H22N4O2. The van der Waals surface area contributed by atoms with Crippen molar-refractivity contribution < 1.29 is 9.26 Å². The third kappa shape index (κ3) is 4.64. The summed E-state index contributed by atoms with van der Waals surface area (Å²) in [6.07, 6.45) is 3.35. The molecule has 0 aliphatic carbocycles. The van der Waals surface area contributed by atoms with Crippen LogP contribution in [0.25, 0.3) is 11.5 Å². The second kappa shape index (κ2) is 8.39. The van der Waals surface area contributed by atoms with Gasteiger partial charge in [-0.3, -0.25) is 0 Å². The topological polar surface area (TPSA) is 73.1 Å². The molecule has 0 radical (unpaired) electrons. The molecule has 1 N–H and O–H groups in total. The Kier molecular flexibility index (Phi) is 5.74. The standard InChI is InChI=1S/C19H22N4O2/c1-3-16(13-24-2)21-17-10-9-15(12-20-17)19-22-18(23-25-19)11-14-7-5-4-6-8-14/h4-10,12,16H,3,11,13H2,1-2H3,(H,20,21). The summed E-state index contributed by atoms with van der Waals surface area (Å²) in [6.45, 7) is 2.75. The summed E-state index contributed by atoms with van der Waals surface area (Å²) in [5.74, 6) is 1.94. The van der Waals surface area contributed by atoms with Gasteiger partial charge in [0.1, 0.15) is 5.82 Å². The first kappa shape index (κ1) is 17.1. The second-order valence-electron chi connectivity index (χ2n) is 5.82. The van der Waals surface area contributed by atoms with Crippen molar-refractivity contribution in [3.8, 4) is 11.5 Å². The highest BCUT2D eigenvalue weighted by Crippen LogP contribution is 2.19. The van der Waals surface area contributed by atoms with Crippen molar-refractivity contribution in [1.29, 1.82) is 0 Å². The molecule has 3 aromatic rings. The fraction of sp³-hybridized carbons (Fsp3) is 0.316. The Balaban J connectivity index is 1.66. The number of rotatable bonds is 8. The molecule has 6 heteroatoms. The Morgan fingerprint density at radius 2 is 2.00 bits per heavy atom. The molecule has 0 bridgehead atoms. The van der Waals surface area contributed by atoms with Crippen LogP contribution in [0.2, 0.25) is 0 Å². The lowest BCUT2D eigenvalue weighted by Crippen LogP contribution is -2.24. The van der Waals surface area contributed by atoms with E-state index in [2.05, 4.69) is 27.4 Å². The van der Waals surface area contributed by atoms with Gasteiger partial charge in [-0.25, -0.2) is 4.98 Å². The summed E-state index contributed by atoms with van der Waals surface area (Å²) in [5, 5.41) is 7.39. The van der Waals surface area contributed by atoms with Gasteiger partial charge in [-0.2, -0.15) is 4.98 Å². The van der Waals surface area contributed by atoms with Gasteiger partial charge in [0.05, 0.1) is 18.2 Å². The van der Waals surface area contributed by atoms with Crippen molar-refractivity contribution in [2.75, 3.05) is 19.0 Å². The van der Waals surface area contributed by atoms with Crippen LogP contribution in [-0.4, -0.2) is 34.9 Å². The number of benzene rings is 1. The summed E-state index contributed by atoms with van der Waals surface area (Å²) in [7, 11) is 1.70. The van der Waals surface area contributed by atoms with Crippen LogP contribution >= 0.6 is 0 Å². The van der Waals surface area contributed by atoms with E-state index in [9.17, 15) is 0 Å². The van der Waals surface area contributed by atoms with E-state index in [0.717, 1.165) is 23.4 Å². The molecule has 25 heavy (non-hydrogen) atoms. The van der Waals surface area contributed by atoms with Gasteiger partial charge in [0, 0.05) is 19.7 Å². The smallest absolute Gasteiger partial charge is 0.259 e. The van der Waals surface area contributed by atoms with Crippen LogP contribution in [0.4, 0.5) is 5.82 Å². The predicted molar refractivity (Wildman–Crippen MR) is 96.4 cm³/mol. The van der Waals surface area contributed by atoms with Gasteiger partial charge in [0.2, 0.25) is 0 Å². The van der Waals surface area contributed by atoms with E-state index >= 15 is 0 Å². The molecule has 0 fully saturated rings. The highest BCUT2D eigenvalue weighted by atomic mass is 16.5. The summed E-state index contributed by atoms with van der Waals surface area (Å²) < 4.78 is 10.6. The Morgan fingerprint density at radius 3 is 2.68 bits per heavy atom. The lowest BCUT2D eigenvalue weighted by Gasteiger charge is -2.16. The molecule has 0 aliphatic heterocycles. The van der Waals surface area contributed by atoms with Crippen molar-refractivity contribution in [3.05, 3.63) is 60.0 Å². The molecule has 6 nitrogen and oxygen atoms in total. The minimum absolute atomic E-state index is 0.240. The molecular weight excluding hydrogens is 316 g/mol. The Hall–Kier alpha value is -2.73. The molecule has 0 aliphatic rings. The lowest BCUT2D eigenvalue weighted by molar-refractivity contribution is 0.184. The molecule has 3 rings (SSSR count). The lowest BCUT2D eigenvalue weighted by atomic mass is 10.1. The van der Waals surface area contributed by atoms with Gasteiger partial charge in [0.25, 0.3) is 5.89 Å². The van der Waals surface area contributed by atoms with Crippen LogP contribution in [0.5, 0.6) is 0 Å². The van der Waals surface area contributed by atoms with Crippen LogP contribution in [0, 0.1) is 0 Å². The zero-order chi connectivity index (χ0) is 17.5. The normalized spacial score (nSPS) is 12.1. The SMILES string of the molecule is CCC(COC)Nc1ccc(-c2nc(Cc3ccccc3)no2)cn1. The third-order valence-electron chi connectivity index (χ3n) is 3.90. The summed E-state index contributed by atoms with van der Waals surface area (Å²) >= 11 is 0. The van der Waals surface area contributed by atoms with Gasteiger partial charge in [-0.1, -0.05) is 42.4 Å². The van der Waals surface area contributed by atoms with Crippen LogP contribution in [-0.2, 0) is 11.2 Å². The summed E-state index contributed by atoms with van der Waals surface area (Å²) in [4.78, 5) is 8.88. The third-order valence-corrected chi connectivity index (χ3v) is 3.90. The van der Waals surface area contributed by atoms with Crippen LogP contribution in [0.15, 0.2) is 53.2 Å². The molecule has 1 aromatic carbocycles. The fourth-order valence-corrected chi connectivity index (χ4v) is 2.50. The van der Waals surface area contributed by atoms with Gasteiger partial charge >= 0.3 is 0 Å². The minimum atomic E-state index is 0.240. The zero-order valence-electron chi connectivity index (χ0n) is 14.5. The first-order valence-electron chi connectivity index (χ1n) is 8.37. The van der Waals surface area contributed by atoms with Crippen molar-refractivity contribution in [2.24, 2.45) is 0 Å². The number of anilines is 1. The number of nitrogens with one attached hydrogen (secondary N) is 1. The molecule has 0 spiro atoms. The van der Waals surface area contributed by atoms with E-state index in [-0.39, 0.29) is 6.04 Å². The van der Waals surface area contributed by atoms with E-state index in [1.807, 2.05) is 42.5 Å². The van der Waals surface area contributed by atoms with Crippen LogP contribution < -0.4 is 5.32 Å². The number of aromatic nitrogens is 3. The van der Waals surface area contributed by atoms with E-state index in [4.69, 9.17) is 9.26 Å². The minimum Gasteiger partial charge on any atom is -0.383 e.